The maximum atomic E-state index is 13.8. The molecule has 2 unspecified atom stereocenters. The number of nitrogens with zero attached hydrogens (tertiary/aromatic N) is 1. The molecule has 1 fully saturated rings. The monoisotopic (exact) mass is 589 g/mol. The van der Waals surface area contributed by atoms with Crippen LogP contribution in [0.3, 0.4) is 0 Å². The fraction of sp³-hybridized carbons (Fsp3) is 0.517. The number of ether oxygens (including phenoxy) is 3. The standard InChI is InChI=1S/C29H39N3O8S/c1-4-38-28-26(12-13-39-28)40-29(35)31-24(14-20-8-6-5-7-9-20)25(33)18-32(17-19(2)3)41(36,37)22-10-11-23-21(15-22)16-27(34)30-23/h5-11,15,19,24-26,28,33H,4,12-14,16-18H2,1-3H3,(H,30,34)(H,31,35)/t24-,25+,26?,28?/m0/s1. The van der Waals surface area contributed by atoms with E-state index in [0.717, 1.165) is 5.56 Å². The highest BCUT2D eigenvalue weighted by atomic mass is 32.2. The third kappa shape index (κ3) is 8.04. The topological polar surface area (TPSA) is 144 Å². The number of hydrogen-bond acceptors (Lipinski definition) is 8. The van der Waals surface area contributed by atoms with Crippen LogP contribution in [0.15, 0.2) is 53.4 Å². The molecule has 0 bridgehead atoms. The molecule has 2 aliphatic heterocycles. The zero-order valence-electron chi connectivity index (χ0n) is 23.6. The lowest BCUT2D eigenvalue weighted by molar-refractivity contribution is -0.147. The number of fused-ring (bicyclic) bond motifs is 1. The van der Waals surface area contributed by atoms with Crippen LogP contribution in [0.1, 0.15) is 38.3 Å². The second-order valence-corrected chi connectivity index (χ2v) is 12.6. The van der Waals surface area contributed by atoms with Gasteiger partial charge in [0.15, 0.2) is 12.4 Å². The molecule has 0 aromatic heterocycles. The van der Waals surface area contributed by atoms with Crippen LogP contribution in [0.2, 0.25) is 0 Å². The molecule has 41 heavy (non-hydrogen) atoms. The molecule has 3 N–H and O–H groups in total. The van der Waals surface area contributed by atoms with Crippen molar-refractivity contribution in [3.05, 3.63) is 59.7 Å². The van der Waals surface area contributed by atoms with Gasteiger partial charge in [-0.1, -0.05) is 44.2 Å². The number of benzene rings is 2. The Balaban J connectivity index is 1.53. The zero-order chi connectivity index (χ0) is 29.6. The Labute approximate surface area is 241 Å². The number of hydrogen-bond donors (Lipinski definition) is 3. The van der Waals surface area contributed by atoms with E-state index in [-0.39, 0.29) is 42.7 Å². The molecule has 0 radical (unpaired) electrons. The summed E-state index contributed by atoms with van der Waals surface area (Å²) in [5, 5.41) is 16.9. The lowest BCUT2D eigenvalue weighted by Gasteiger charge is -2.31. The maximum Gasteiger partial charge on any atom is 0.407 e. The third-order valence-corrected chi connectivity index (χ3v) is 8.77. The van der Waals surface area contributed by atoms with Gasteiger partial charge < -0.3 is 30.0 Å². The van der Waals surface area contributed by atoms with Gasteiger partial charge >= 0.3 is 6.09 Å². The van der Waals surface area contributed by atoms with Crippen molar-refractivity contribution in [1.29, 1.82) is 0 Å². The Morgan fingerprint density at radius 3 is 2.66 bits per heavy atom. The van der Waals surface area contributed by atoms with Crippen molar-refractivity contribution in [3.8, 4) is 0 Å². The number of aliphatic hydroxyl groups is 1. The molecule has 4 rings (SSSR count). The molecule has 0 spiro atoms. The largest absolute Gasteiger partial charge is 0.441 e. The summed E-state index contributed by atoms with van der Waals surface area (Å²) in [4.78, 5) is 24.8. The average Bonchev–Trinajstić information content (AvgIpc) is 3.52. The van der Waals surface area contributed by atoms with Crippen molar-refractivity contribution in [3.63, 3.8) is 0 Å². The number of sulfonamides is 1. The minimum Gasteiger partial charge on any atom is -0.441 e. The Kier molecular flexibility index (Phi) is 10.4. The second-order valence-electron chi connectivity index (χ2n) is 10.7. The van der Waals surface area contributed by atoms with Crippen LogP contribution >= 0.6 is 0 Å². The quantitative estimate of drug-likeness (QED) is 0.324. The van der Waals surface area contributed by atoms with E-state index in [9.17, 15) is 23.1 Å². The smallest absolute Gasteiger partial charge is 0.407 e. The Bertz CT molecular complexity index is 1300. The molecule has 0 aliphatic carbocycles. The van der Waals surface area contributed by atoms with Crippen LogP contribution in [-0.2, 0) is 41.9 Å². The number of nitrogens with one attached hydrogen (secondary N) is 2. The van der Waals surface area contributed by atoms with Gasteiger partial charge in [-0.25, -0.2) is 13.2 Å². The van der Waals surface area contributed by atoms with Crippen LogP contribution in [0.4, 0.5) is 10.5 Å². The van der Waals surface area contributed by atoms with Gasteiger partial charge in [-0.05, 0) is 48.6 Å². The van der Waals surface area contributed by atoms with E-state index in [1.165, 1.54) is 16.4 Å². The summed E-state index contributed by atoms with van der Waals surface area (Å²) in [5.74, 6) is -0.236. The predicted octanol–water partition coefficient (Wildman–Crippen LogP) is 2.68. The molecule has 2 amide bonds. The summed E-state index contributed by atoms with van der Waals surface area (Å²) in [6, 6.07) is 13.0. The van der Waals surface area contributed by atoms with E-state index in [1.54, 1.807) is 6.07 Å². The van der Waals surface area contributed by atoms with Crippen molar-refractivity contribution in [2.75, 3.05) is 31.6 Å². The normalized spacial score (nSPS) is 20.1. The zero-order valence-corrected chi connectivity index (χ0v) is 24.4. The molecule has 2 heterocycles. The first kappa shape index (κ1) is 30.9. The van der Waals surface area contributed by atoms with Crippen LogP contribution in [0.5, 0.6) is 0 Å². The van der Waals surface area contributed by atoms with E-state index >= 15 is 0 Å². The number of alkyl carbamates (subject to hydrolysis) is 1. The van der Waals surface area contributed by atoms with Crippen molar-refractivity contribution in [2.24, 2.45) is 5.92 Å². The van der Waals surface area contributed by atoms with Gasteiger partial charge in [-0.2, -0.15) is 4.31 Å². The van der Waals surface area contributed by atoms with E-state index < -0.39 is 40.7 Å². The van der Waals surface area contributed by atoms with E-state index in [2.05, 4.69) is 10.6 Å². The molecular formula is C29H39N3O8S. The molecule has 1 saturated heterocycles. The number of rotatable bonds is 13. The van der Waals surface area contributed by atoms with Gasteiger partial charge in [0.2, 0.25) is 15.9 Å². The number of anilines is 1. The van der Waals surface area contributed by atoms with Gasteiger partial charge in [0.05, 0.1) is 30.1 Å². The highest BCUT2D eigenvalue weighted by molar-refractivity contribution is 7.89. The summed E-state index contributed by atoms with van der Waals surface area (Å²) in [5.41, 5.74) is 2.05. The van der Waals surface area contributed by atoms with Crippen molar-refractivity contribution in [2.45, 2.75) is 69.5 Å². The van der Waals surface area contributed by atoms with Crippen LogP contribution in [0.25, 0.3) is 0 Å². The molecular weight excluding hydrogens is 550 g/mol. The fourth-order valence-corrected chi connectivity index (χ4v) is 6.65. The summed E-state index contributed by atoms with van der Waals surface area (Å²) >= 11 is 0. The minimum atomic E-state index is -4.04. The van der Waals surface area contributed by atoms with Gasteiger partial charge in [0.1, 0.15) is 0 Å². The minimum absolute atomic E-state index is 0.0378. The second kappa shape index (κ2) is 13.8. The first-order chi connectivity index (χ1) is 19.6. The summed E-state index contributed by atoms with van der Waals surface area (Å²) in [7, 11) is -4.04. The van der Waals surface area contributed by atoms with Gasteiger partial charge in [-0.3, -0.25) is 4.79 Å². The third-order valence-electron chi connectivity index (χ3n) is 6.94. The van der Waals surface area contributed by atoms with Crippen LogP contribution < -0.4 is 10.6 Å². The molecule has 0 saturated carbocycles. The molecule has 224 valence electrons. The summed E-state index contributed by atoms with van der Waals surface area (Å²) in [6.07, 6.45) is -2.44. The number of amides is 2. The lowest BCUT2D eigenvalue weighted by Crippen LogP contribution is -2.51. The molecule has 12 heteroatoms. The van der Waals surface area contributed by atoms with Crippen molar-refractivity contribution >= 4 is 27.7 Å². The Morgan fingerprint density at radius 2 is 1.95 bits per heavy atom. The van der Waals surface area contributed by atoms with Gasteiger partial charge in [-0.15, -0.1) is 0 Å². The van der Waals surface area contributed by atoms with Gasteiger partial charge in [0.25, 0.3) is 0 Å². The Morgan fingerprint density at radius 1 is 1.20 bits per heavy atom. The van der Waals surface area contributed by atoms with E-state index in [1.807, 2.05) is 51.1 Å². The first-order valence-corrected chi connectivity index (χ1v) is 15.4. The maximum absolute atomic E-state index is 13.8. The summed E-state index contributed by atoms with van der Waals surface area (Å²) in [6.45, 7) is 6.27. The number of carbonyl (C=O) groups excluding carboxylic acids is 2. The average molecular weight is 590 g/mol. The molecule has 11 nitrogen and oxygen atoms in total. The highest BCUT2D eigenvalue weighted by Gasteiger charge is 2.35. The number of aliphatic hydroxyl groups excluding tert-OH is 1. The SMILES string of the molecule is CCOC1OCCC1OC(=O)N[C@@H](Cc1ccccc1)[C@H](O)CN(CC(C)C)S(=O)(=O)c1ccc2c(c1)CC(=O)N2. The van der Waals surface area contributed by atoms with Crippen LogP contribution in [-0.4, -0.2) is 80.7 Å². The van der Waals surface area contributed by atoms with E-state index in [0.29, 0.717) is 30.9 Å². The van der Waals surface area contributed by atoms with Crippen molar-refractivity contribution < 1.29 is 37.3 Å². The van der Waals surface area contributed by atoms with Gasteiger partial charge in [0, 0.05) is 31.8 Å². The molecule has 2 aromatic carbocycles. The molecule has 2 aromatic rings. The predicted molar refractivity (Wildman–Crippen MR) is 152 cm³/mol. The Hall–Kier alpha value is -3.03. The lowest BCUT2D eigenvalue weighted by atomic mass is 10.0. The summed E-state index contributed by atoms with van der Waals surface area (Å²) < 4.78 is 45.4. The highest BCUT2D eigenvalue weighted by Crippen LogP contribution is 2.28. The van der Waals surface area contributed by atoms with Crippen LogP contribution in [0, 0.1) is 5.92 Å². The number of carbonyl (C=O) groups is 2. The fourth-order valence-electron chi connectivity index (χ4n) is 4.98. The first-order valence-electron chi connectivity index (χ1n) is 13.9. The molecule has 4 atom stereocenters. The van der Waals surface area contributed by atoms with Crippen molar-refractivity contribution in [1.82, 2.24) is 9.62 Å². The molecule has 2 aliphatic rings. The van der Waals surface area contributed by atoms with E-state index in [4.69, 9.17) is 14.2 Å².